The van der Waals surface area contributed by atoms with Gasteiger partial charge < -0.3 is 10.6 Å². The number of amides is 2. The SMILES string of the molecule is [N-]=[N+]=NCCCC(=O)CCCCC1SCC2NC(=O)NC21. The molecular weight excluding hydrogens is 290 g/mol. The molecule has 0 saturated carbocycles. The molecule has 8 heteroatoms. The Labute approximate surface area is 128 Å². The zero-order chi connectivity index (χ0) is 15.1. The largest absolute Gasteiger partial charge is 0.332 e. The number of urea groups is 1. The number of thioether (sulfide) groups is 1. The molecule has 0 spiro atoms. The normalized spacial score (nSPS) is 26.7. The summed E-state index contributed by atoms with van der Waals surface area (Å²) >= 11 is 1.91. The molecule has 2 aliphatic rings. The first kappa shape index (κ1) is 16.0. The van der Waals surface area contributed by atoms with Gasteiger partial charge in [0.2, 0.25) is 0 Å². The molecule has 3 unspecified atom stereocenters. The molecule has 0 aromatic carbocycles. The van der Waals surface area contributed by atoms with Gasteiger partial charge in [-0.15, -0.1) is 0 Å². The Balaban J connectivity index is 1.54. The molecule has 3 atom stereocenters. The van der Waals surface area contributed by atoms with Gasteiger partial charge in [-0.1, -0.05) is 11.5 Å². The number of carbonyl (C=O) groups is 2. The molecule has 21 heavy (non-hydrogen) atoms. The van der Waals surface area contributed by atoms with E-state index in [0.29, 0.717) is 31.1 Å². The second kappa shape index (κ2) is 8.14. The molecule has 2 rings (SSSR count). The Hall–Kier alpha value is -1.40. The lowest BCUT2D eigenvalue weighted by Gasteiger charge is -2.16. The van der Waals surface area contributed by atoms with E-state index in [-0.39, 0.29) is 23.9 Å². The zero-order valence-corrected chi connectivity index (χ0v) is 12.8. The van der Waals surface area contributed by atoms with Gasteiger partial charge in [0, 0.05) is 35.3 Å². The predicted octanol–water partition coefficient (Wildman–Crippen LogP) is 2.37. The number of fused-ring (bicyclic) bond motifs is 1. The highest BCUT2D eigenvalue weighted by Gasteiger charge is 2.42. The monoisotopic (exact) mass is 311 g/mol. The first-order valence-corrected chi connectivity index (χ1v) is 8.47. The number of azide groups is 1. The molecule has 116 valence electrons. The lowest BCUT2D eigenvalue weighted by Crippen LogP contribution is -2.36. The maximum atomic E-state index is 11.6. The second-order valence-electron chi connectivity index (χ2n) is 5.46. The van der Waals surface area contributed by atoms with Gasteiger partial charge in [-0.2, -0.15) is 11.8 Å². The van der Waals surface area contributed by atoms with Crippen molar-refractivity contribution in [2.24, 2.45) is 5.11 Å². The van der Waals surface area contributed by atoms with Crippen LogP contribution in [0.2, 0.25) is 0 Å². The van der Waals surface area contributed by atoms with E-state index in [1.165, 1.54) is 0 Å². The van der Waals surface area contributed by atoms with Crippen LogP contribution in [-0.4, -0.2) is 41.4 Å². The topological polar surface area (TPSA) is 107 Å². The van der Waals surface area contributed by atoms with Gasteiger partial charge in [0.25, 0.3) is 0 Å². The molecule has 2 heterocycles. The first-order valence-electron chi connectivity index (χ1n) is 7.42. The molecule has 0 aromatic rings. The van der Waals surface area contributed by atoms with Gasteiger partial charge in [0.15, 0.2) is 0 Å². The highest BCUT2D eigenvalue weighted by atomic mass is 32.2. The number of ketones is 1. The minimum absolute atomic E-state index is 0.0505. The van der Waals surface area contributed by atoms with E-state index in [1.54, 1.807) is 0 Å². The Kier molecular flexibility index (Phi) is 6.20. The molecular formula is C13H21N5O2S. The van der Waals surface area contributed by atoms with E-state index in [0.717, 1.165) is 25.0 Å². The number of rotatable bonds is 9. The van der Waals surface area contributed by atoms with Crippen molar-refractivity contribution in [2.45, 2.75) is 55.9 Å². The highest BCUT2D eigenvalue weighted by molar-refractivity contribution is 8.00. The van der Waals surface area contributed by atoms with Crippen molar-refractivity contribution >= 4 is 23.6 Å². The third-order valence-corrected chi connectivity index (χ3v) is 5.42. The Morgan fingerprint density at radius 1 is 1.33 bits per heavy atom. The van der Waals surface area contributed by atoms with E-state index < -0.39 is 0 Å². The number of carbonyl (C=O) groups excluding carboxylic acids is 2. The summed E-state index contributed by atoms with van der Waals surface area (Å²) in [5, 5.41) is 9.79. The minimum atomic E-state index is -0.0505. The van der Waals surface area contributed by atoms with Crippen LogP contribution in [0.25, 0.3) is 10.4 Å². The van der Waals surface area contributed by atoms with Crippen LogP contribution >= 0.6 is 11.8 Å². The molecule has 7 nitrogen and oxygen atoms in total. The average molecular weight is 311 g/mol. The number of nitrogens with zero attached hydrogens (tertiary/aromatic N) is 3. The molecule has 0 bridgehead atoms. The van der Waals surface area contributed by atoms with E-state index in [2.05, 4.69) is 20.7 Å². The van der Waals surface area contributed by atoms with Crippen molar-refractivity contribution in [2.75, 3.05) is 12.3 Å². The summed E-state index contributed by atoms with van der Waals surface area (Å²) < 4.78 is 0. The smallest absolute Gasteiger partial charge is 0.315 e. The Morgan fingerprint density at radius 2 is 2.14 bits per heavy atom. The fourth-order valence-corrected chi connectivity index (χ4v) is 4.37. The van der Waals surface area contributed by atoms with Crippen LogP contribution < -0.4 is 10.6 Å². The maximum absolute atomic E-state index is 11.6. The van der Waals surface area contributed by atoms with Crippen molar-refractivity contribution < 1.29 is 9.59 Å². The van der Waals surface area contributed by atoms with Crippen molar-refractivity contribution in [3.63, 3.8) is 0 Å². The number of Topliss-reactive ketones (excluding diaryl/α,β-unsaturated/α-hetero) is 1. The summed E-state index contributed by atoms with van der Waals surface area (Å²) in [5.74, 6) is 1.22. The van der Waals surface area contributed by atoms with E-state index in [9.17, 15) is 9.59 Å². The molecule has 2 amide bonds. The fourth-order valence-electron chi connectivity index (χ4n) is 2.83. The van der Waals surface area contributed by atoms with Gasteiger partial charge in [-0.3, -0.25) is 4.79 Å². The van der Waals surface area contributed by atoms with Crippen molar-refractivity contribution in [3.05, 3.63) is 10.4 Å². The highest BCUT2D eigenvalue weighted by Crippen LogP contribution is 2.33. The van der Waals surface area contributed by atoms with E-state index in [1.807, 2.05) is 11.8 Å². The van der Waals surface area contributed by atoms with Crippen LogP contribution in [0.15, 0.2) is 5.11 Å². The second-order valence-corrected chi connectivity index (χ2v) is 6.74. The van der Waals surface area contributed by atoms with Gasteiger partial charge in [-0.25, -0.2) is 4.79 Å². The quantitative estimate of drug-likeness (QED) is 0.224. The molecule has 0 aromatic heterocycles. The predicted molar refractivity (Wildman–Crippen MR) is 82.2 cm³/mol. The molecule has 2 N–H and O–H groups in total. The van der Waals surface area contributed by atoms with Crippen LogP contribution in [-0.2, 0) is 4.79 Å². The van der Waals surface area contributed by atoms with E-state index >= 15 is 0 Å². The number of hydrogen-bond donors (Lipinski definition) is 2. The average Bonchev–Trinajstić information content (AvgIpc) is 2.99. The summed E-state index contributed by atoms with van der Waals surface area (Å²) in [6.07, 6.45) is 4.70. The maximum Gasteiger partial charge on any atom is 0.315 e. The van der Waals surface area contributed by atoms with Crippen molar-refractivity contribution in [1.82, 2.24) is 10.6 Å². The van der Waals surface area contributed by atoms with Gasteiger partial charge in [0.1, 0.15) is 5.78 Å². The summed E-state index contributed by atoms with van der Waals surface area (Å²) in [6.45, 7) is 0.400. The lowest BCUT2D eigenvalue weighted by molar-refractivity contribution is -0.119. The van der Waals surface area contributed by atoms with Gasteiger partial charge >= 0.3 is 6.03 Å². The third-order valence-electron chi connectivity index (χ3n) is 3.91. The summed E-state index contributed by atoms with van der Waals surface area (Å²) in [5.41, 5.74) is 8.13. The third kappa shape index (κ3) is 4.82. The zero-order valence-electron chi connectivity index (χ0n) is 12.0. The van der Waals surface area contributed by atoms with Crippen LogP contribution in [0.5, 0.6) is 0 Å². The molecule has 0 radical (unpaired) electrons. The molecule has 0 aliphatic carbocycles. The first-order chi connectivity index (χ1) is 10.2. The number of hydrogen-bond acceptors (Lipinski definition) is 4. The lowest BCUT2D eigenvalue weighted by atomic mass is 10.0. The van der Waals surface area contributed by atoms with Gasteiger partial charge in [-0.05, 0) is 24.8 Å². The minimum Gasteiger partial charge on any atom is -0.332 e. The van der Waals surface area contributed by atoms with Gasteiger partial charge in [0.05, 0.1) is 12.1 Å². The standard InChI is InChI=1S/C13H21N5O2S/c14-18-15-7-3-5-9(19)4-1-2-6-11-12-10(8-21-11)16-13(20)17-12/h10-12H,1-8H2,(H2,16,17,20). The van der Waals surface area contributed by atoms with Crippen LogP contribution in [0.3, 0.4) is 0 Å². The van der Waals surface area contributed by atoms with Crippen LogP contribution in [0, 0.1) is 0 Å². The molecule has 2 fully saturated rings. The Morgan fingerprint density at radius 3 is 2.95 bits per heavy atom. The van der Waals surface area contributed by atoms with Crippen LogP contribution in [0.4, 0.5) is 4.79 Å². The van der Waals surface area contributed by atoms with Crippen LogP contribution in [0.1, 0.15) is 38.5 Å². The summed E-state index contributed by atoms with van der Waals surface area (Å²) in [7, 11) is 0. The number of nitrogens with one attached hydrogen (secondary N) is 2. The summed E-state index contributed by atoms with van der Waals surface area (Å²) in [4.78, 5) is 25.5. The number of unbranched alkanes of at least 4 members (excludes halogenated alkanes) is 1. The summed E-state index contributed by atoms with van der Waals surface area (Å²) in [6, 6.07) is 0.474. The van der Waals surface area contributed by atoms with Crippen molar-refractivity contribution in [1.29, 1.82) is 0 Å². The molecule has 2 saturated heterocycles. The Bertz CT molecular complexity index is 438. The fraction of sp³-hybridized carbons (Fsp3) is 0.846. The van der Waals surface area contributed by atoms with Crippen molar-refractivity contribution in [3.8, 4) is 0 Å². The molecule has 2 aliphatic heterocycles. The van der Waals surface area contributed by atoms with E-state index in [4.69, 9.17) is 5.53 Å².